The van der Waals surface area contributed by atoms with E-state index in [0.29, 0.717) is 0 Å². The Morgan fingerprint density at radius 3 is 1.57 bits per heavy atom. The average Bonchev–Trinajstić information content (AvgIpc) is 2.01. The molecule has 0 aromatic carbocycles. The van der Waals surface area contributed by atoms with Crippen molar-refractivity contribution >= 4 is 16.5 Å². The van der Waals surface area contributed by atoms with Crippen LogP contribution in [0.2, 0.25) is 0 Å². The summed E-state index contributed by atoms with van der Waals surface area (Å²) in [5, 5.41) is 0. The van der Waals surface area contributed by atoms with Gasteiger partial charge in [-0.05, 0) is 0 Å². The summed E-state index contributed by atoms with van der Waals surface area (Å²) >= 11 is 0. The van der Waals surface area contributed by atoms with Crippen LogP contribution in [-0.2, 0) is 18.2 Å². The highest BCUT2D eigenvalue weighted by Gasteiger charge is 2.28. The molecular formula is C5H15NO6P2+2. The fourth-order valence-electron chi connectivity index (χ4n) is 0.197. The highest BCUT2D eigenvalue weighted by atomic mass is 31.1. The molecule has 0 amide bonds. The Hall–Kier alpha value is -0.0000000000000000763. The summed E-state index contributed by atoms with van der Waals surface area (Å²) in [6, 6.07) is 0. The van der Waals surface area contributed by atoms with E-state index >= 15 is 0 Å². The number of rotatable bonds is 5. The van der Waals surface area contributed by atoms with Gasteiger partial charge in [0, 0.05) is 9.13 Å². The summed E-state index contributed by atoms with van der Waals surface area (Å²) in [4.78, 5) is 16.0. The monoisotopic (exact) mass is 247 g/mol. The van der Waals surface area contributed by atoms with Crippen molar-refractivity contribution in [2.75, 3.05) is 0 Å². The van der Waals surface area contributed by atoms with Crippen molar-refractivity contribution in [3.63, 3.8) is 0 Å². The van der Waals surface area contributed by atoms with Crippen molar-refractivity contribution in [2.45, 2.75) is 33.1 Å². The molecule has 0 aromatic heterocycles. The van der Waals surface area contributed by atoms with Gasteiger partial charge in [0.05, 0.1) is 0 Å². The molecule has 14 heavy (non-hydrogen) atoms. The molecule has 0 fully saturated rings. The molecule has 0 bridgehead atoms. The van der Waals surface area contributed by atoms with Crippen LogP contribution in [0.1, 0.15) is 26.7 Å². The normalized spacial score (nSPS) is 13.8. The molecule has 9 heteroatoms. The average molecular weight is 247 g/mol. The highest BCUT2D eigenvalue weighted by Crippen LogP contribution is 2.22. The molecule has 0 aliphatic heterocycles. The van der Waals surface area contributed by atoms with Crippen LogP contribution in [0.15, 0.2) is 0 Å². The van der Waals surface area contributed by atoms with Gasteiger partial charge in [-0.3, -0.25) is 5.73 Å². The van der Waals surface area contributed by atoms with Gasteiger partial charge in [0.1, 0.15) is 0 Å². The third-order valence-corrected chi connectivity index (χ3v) is 1.66. The molecule has 0 rings (SSSR count). The quantitative estimate of drug-likeness (QED) is 0.495. The van der Waals surface area contributed by atoms with Crippen molar-refractivity contribution in [1.29, 1.82) is 0 Å². The number of unbranched alkanes of at least 4 members (excludes halogenated alkanes) is 1. The Morgan fingerprint density at radius 1 is 1.14 bits per heavy atom. The zero-order valence-electron chi connectivity index (χ0n) is 7.99. The third kappa shape index (κ3) is 17.9. The fraction of sp³-hybridized carbons (Fsp3) is 1.00. The van der Waals surface area contributed by atoms with E-state index in [4.69, 9.17) is 15.5 Å². The van der Waals surface area contributed by atoms with E-state index in [1.807, 2.05) is 0 Å². The first-order chi connectivity index (χ1) is 6.43. The van der Waals surface area contributed by atoms with Gasteiger partial charge < -0.3 is 0 Å². The Bertz CT molecular complexity index is 160. The van der Waals surface area contributed by atoms with Gasteiger partial charge >= 0.3 is 22.9 Å². The second-order valence-corrected chi connectivity index (χ2v) is 3.43. The van der Waals surface area contributed by atoms with E-state index < -0.39 is 22.9 Å². The Balaban J connectivity index is 0. The van der Waals surface area contributed by atoms with Crippen LogP contribution in [0, 0.1) is 0 Å². The molecule has 7 nitrogen and oxygen atoms in total. The van der Waals surface area contributed by atoms with Gasteiger partial charge in [-0.25, -0.2) is 0 Å². The minimum Gasteiger partial charge on any atom is -0.275 e. The lowest BCUT2D eigenvalue weighted by Gasteiger charge is -1.89. The first kappa shape index (κ1) is 16.4. The van der Waals surface area contributed by atoms with Gasteiger partial charge in [0.15, 0.2) is 0 Å². The van der Waals surface area contributed by atoms with E-state index in [2.05, 4.69) is 22.9 Å². The van der Waals surface area contributed by atoms with Crippen molar-refractivity contribution in [1.82, 2.24) is 0 Å². The molecule has 0 radical (unpaired) electrons. The van der Waals surface area contributed by atoms with Crippen molar-refractivity contribution in [3.05, 3.63) is 0 Å². The molecule has 2 atom stereocenters. The first-order valence-electron chi connectivity index (χ1n) is 3.85. The Labute approximate surface area is 84.1 Å². The third-order valence-electron chi connectivity index (χ3n) is 0.888. The number of hydrogen-bond acceptors (Lipinski definition) is 5. The van der Waals surface area contributed by atoms with Crippen molar-refractivity contribution in [3.8, 4) is 0 Å². The molecule has 4 N–H and O–H groups in total. The molecule has 0 aliphatic carbocycles. The minimum atomic E-state index is -2.91. The summed E-state index contributed by atoms with van der Waals surface area (Å²) in [7, 11) is -5.82. The molecule has 0 aliphatic rings. The summed E-state index contributed by atoms with van der Waals surface area (Å²) in [5.41, 5.74) is 4.74. The molecule has 0 saturated heterocycles. The molecule has 0 aromatic rings. The second-order valence-electron chi connectivity index (χ2n) is 2.05. The van der Waals surface area contributed by atoms with Gasteiger partial charge in [-0.15, -0.1) is 9.79 Å². The standard InChI is InChI=1S/C4H10.CH3NO6P2/c1-3-4-2;2-1(7-9(3)4)8-10(5)6/h3-4H2,1-2H3;1H,2H2/p+2. The first-order valence-corrected chi connectivity index (χ1v) is 6.11. The Kier molecular flexibility index (Phi) is 13.0. The predicted octanol–water partition coefficient (Wildman–Crippen LogP) is 1.37. The molecule has 0 saturated carbocycles. The van der Waals surface area contributed by atoms with Gasteiger partial charge in [0.2, 0.25) is 0 Å². The highest BCUT2D eigenvalue weighted by molar-refractivity contribution is 7.32. The molecular weight excluding hydrogens is 232 g/mol. The van der Waals surface area contributed by atoms with Crippen molar-refractivity contribution < 1.29 is 28.0 Å². The largest absolute Gasteiger partial charge is 0.699 e. The lowest BCUT2D eigenvalue weighted by Crippen LogP contribution is -2.21. The second kappa shape index (κ2) is 11.1. The van der Waals surface area contributed by atoms with Crippen LogP contribution in [0.25, 0.3) is 0 Å². The summed E-state index contributed by atoms with van der Waals surface area (Å²) < 4.78 is 27.2. The lowest BCUT2D eigenvalue weighted by atomic mass is 10.4. The zero-order chi connectivity index (χ0) is 11.6. The molecule has 0 spiro atoms. The molecule has 0 heterocycles. The SMILES string of the molecule is CCCC.NC(O[P+](=O)O)O[P+](=O)O. The smallest absolute Gasteiger partial charge is 0.275 e. The fourth-order valence-corrected chi connectivity index (χ4v) is 0.706. The summed E-state index contributed by atoms with van der Waals surface area (Å²) in [6.07, 6.45) is 0.988. The number of nitrogens with two attached hydrogens (primary N) is 1. The van der Waals surface area contributed by atoms with Crippen LogP contribution in [0.3, 0.4) is 0 Å². The van der Waals surface area contributed by atoms with Crippen LogP contribution in [-0.4, -0.2) is 16.2 Å². The maximum atomic E-state index is 9.78. The maximum absolute atomic E-state index is 9.78. The minimum absolute atomic E-state index is 1.32. The van der Waals surface area contributed by atoms with Crippen molar-refractivity contribution in [2.24, 2.45) is 5.73 Å². The predicted molar refractivity (Wildman–Crippen MR) is 50.4 cm³/mol. The van der Waals surface area contributed by atoms with E-state index in [1.54, 1.807) is 0 Å². The van der Waals surface area contributed by atoms with Crippen LogP contribution in [0.4, 0.5) is 0 Å². The Morgan fingerprint density at radius 2 is 1.43 bits per heavy atom. The molecule has 2 unspecified atom stereocenters. The number of hydrogen-bond donors (Lipinski definition) is 3. The lowest BCUT2D eigenvalue weighted by molar-refractivity contribution is 0.00838. The van der Waals surface area contributed by atoms with E-state index in [0.717, 1.165) is 0 Å². The summed E-state index contributed by atoms with van der Waals surface area (Å²) in [5.74, 6) is 0. The van der Waals surface area contributed by atoms with Gasteiger partial charge in [0.25, 0.3) is 0 Å². The van der Waals surface area contributed by atoms with E-state index in [1.165, 1.54) is 12.8 Å². The van der Waals surface area contributed by atoms with E-state index in [-0.39, 0.29) is 0 Å². The van der Waals surface area contributed by atoms with E-state index in [9.17, 15) is 9.13 Å². The van der Waals surface area contributed by atoms with Gasteiger partial charge in [-0.2, -0.15) is 0 Å². The maximum Gasteiger partial charge on any atom is 0.699 e. The van der Waals surface area contributed by atoms with Crippen LogP contribution in [0.5, 0.6) is 0 Å². The van der Waals surface area contributed by atoms with Crippen LogP contribution < -0.4 is 5.73 Å². The zero-order valence-corrected chi connectivity index (χ0v) is 9.78. The van der Waals surface area contributed by atoms with Gasteiger partial charge in [-0.1, -0.05) is 35.7 Å². The summed E-state index contributed by atoms with van der Waals surface area (Å²) in [6.45, 7) is 4.36. The topological polar surface area (TPSA) is 119 Å². The molecule has 84 valence electrons. The van der Waals surface area contributed by atoms with Crippen LogP contribution >= 0.6 is 16.5 Å².